The molecule has 0 bridgehead atoms. The first-order chi connectivity index (χ1) is 19.2. The molecule has 2 aromatic carbocycles. The minimum absolute atomic E-state index is 0.0202. The Balaban J connectivity index is 1.62. The Morgan fingerprint density at radius 2 is 1.73 bits per heavy atom. The molecule has 15 heteroatoms. The van der Waals surface area contributed by atoms with Gasteiger partial charge in [-0.2, -0.15) is 32.0 Å². The molecule has 0 radical (unpaired) electrons. The molecule has 3 aromatic heterocycles. The van der Waals surface area contributed by atoms with Gasteiger partial charge in [0.25, 0.3) is 5.56 Å². The highest BCUT2D eigenvalue weighted by molar-refractivity contribution is 5.90. The van der Waals surface area contributed by atoms with Gasteiger partial charge in [-0.05, 0) is 50.2 Å². The molecule has 0 aliphatic heterocycles. The number of hydrogen-bond acceptors (Lipinski definition) is 8. The highest BCUT2D eigenvalue weighted by atomic mass is 19.4. The lowest BCUT2D eigenvalue weighted by Crippen LogP contribution is -2.26. The Kier molecular flexibility index (Phi) is 7.07. The van der Waals surface area contributed by atoms with E-state index < -0.39 is 36.4 Å². The van der Waals surface area contributed by atoms with Crippen molar-refractivity contribution in [2.45, 2.75) is 38.8 Å². The Morgan fingerprint density at radius 1 is 1.02 bits per heavy atom. The van der Waals surface area contributed by atoms with Crippen LogP contribution in [0, 0.1) is 0 Å². The number of rotatable bonds is 8. The van der Waals surface area contributed by atoms with Crippen LogP contribution in [0.15, 0.2) is 53.5 Å². The molecule has 0 atom stereocenters. The molecule has 0 aliphatic carbocycles. The van der Waals surface area contributed by atoms with E-state index in [1.54, 1.807) is 42.9 Å². The average molecular weight is 575 g/mol. The Bertz CT molecular complexity index is 1780. The van der Waals surface area contributed by atoms with E-state index in [1.807, 2.05) is 0 Å². The molecule has 41 heavy (non-hydrogen) atoms. The van der Waals surface area contributed by atoms with Crippen molar-refractivity contribution in [3.05, 3.63) is 59.0 Å². The van der Waals surface area contributed by atoms with Gasteiger partial charge in [0.1, 0.15) is 29.2 Å². The van der Waals surface area contributed by atoms with Crippen molar-refractivity contribution in [3.8, 4) is 28.3 Å². The van der Waals surface area contributed by atoms with Gasteiger partial charge in [-0.1, -0.05) is 6.07 Å². The van der Waals surface area contributed by atoms with Gasteiger partial charge in [0.15, 0.2) is 5.65 Å². The van der Waals surface area contributed by atoms with Crippen LogP contribution in [0.3, 0.4) is 0 Å². The van der Waals surface area contributed by atoms with Crippen molar-refractivity contribution >= 4 is 28.0 Å². The third-order valence-electron chi connectivity index (χ3n) is 5.73. The average Bonchev–Trinajstić information content (AvgIpc) is 3.26. The lowest BCUT2D eigenvalue weighted by molar-refractivity contribution is -0.115. The van der Waals surface area contributed by atoms with E-state index in [-0.39, 0.29) is 34.8 Å². The van der Waals surface area contributed by atoms with E-state index in [4.69, 9.17) is 0 Å². The number of aromatic nitrogens is 6. The predicted molar refractivity (Wildman–Crippen MR) is 140 cm³/mol. The summed E-state index contributed by atoms with van der Waals surface area (Å²) in [5.74, 6) is -0.568. The van der Waals surface area contributed by atoms with Gasteiger partial charge in [0.2, 0.25) is 5.95 Å². The van der Waals surface area contributed by atoms with Gasteiger partial charge in [0.05, 0.1) is 17.7 Å². The fraction of sp³-hybridized carbons (Fsp3) is 0.269. The summed E-state index contributed by atoms with van der Waals surface area (Å²) >= 11 is 0. The van der Waals surface area contributed by atoms with Crippen molar-refractivity contribution in [1.29, 1.82) is 0 Å². The van der Waals surface area contributed by atoms with Crippen molar-refractivity contribution in [2.75, 3.05) is 11.9 Å². The molecule has 3 heterocycles. The third-order valence-corrected chi connectivity index (χ3v) is 5.73. The van der Waals surface area contributed by atoms with Crippen LogP contribution in [-0.2, 0) is 6.54 Å². The van der Waals surface area contributed by atoms with Crippen LogP contribution in [0.4, 0.5) is 27.9 Å². The smallest absolute Gasteiger partial charge is 0.405 e. The number of nitrogens with one attached hydrogen (secondary N) is 2. The van der Waals surface area contributed by atoms with Crippen molar-refractivity contribution in [3.63, 3.8) is 0 Å². The van der Waals surface area contributed by atoms with Gasteiger partial charge in [-0.15, -0.1) is 0 Å². The number of alkyl halides is 5. The summed E-state index contributed by atoms with van der Waals surface area (Å²) in [5, 5.41) is 17.3. The van der Waals surface area contributed by atoms with E-state index in [2.05, 4.69) is 35.1 Å². The Hall–Kier alpha value is -4.66. The quantitative estimate of drug-likeness (QED) is 0.226. The van der Waals surface area contributed by atoms with E-state index >= 15 is 0 Å². The maximum Gasteiger partial charge on any atom is 0.405 e. The highest BCUT2D eigenvalue weighted by Crippen LogP contribution is 2.29. The predicted octanol–water partition coefficient (Wildman–Crippen LogP) is 4.74. The summed E-state index contributed by atoms with van der Waals surface area (Å²) in [5.41, 5.74) is -0.405. The number of ether oxygens (including phenoxy) is 1. The fourth-order valence-electron chi connectivity index (χ4n) is 4.13. The van der Waals surface area contributed by atoms with Crippen LogP contribution in [-0.4, -0.2) is 59.8 Å². The number of benzene rings is 2. The van der Waals surface area contributed by atoms with Crippen molar-refractivity contribution < 1.29 is 31.8 Å². The standard InChI is InChI=1S/C26H22F5N7O3/c1-25(2,40)12-38-10-15-9-14(5-8-17(15)37-38)19-22(39)35-21-20(33-19)18(34-24(36-21)32-11-26(29,30)31)13-3-6-16(7-4-13)41-23(27)28/h3-10,23,40H,11-12H2,1-2H3,(H2,32,34,35,36,39). The number of aliphatic hydroxyl groups is 1. The second-order valence-corrected chi connectivity index (χ2v) is 9.79. The van der Waals surface area contributed by atoms with E-state index in [0.29, 0.717) is 22.0 Å². The first-order valence-electron chi connectivity index (χ1n) is 12.1. The number of hydrogen-bond donors (Lipinski definition) is 3. The molecular weight excluding hydrogens is 553 g/mol. The number of halogens is 5. The molecule has 5 rings (SSSR count). The fourth-order valence-corrected chi connectivity index (χ4v) is 4.13. The monoisotopic (exact) mass is 575 g/mol. The molecule has 214 valence electrons. The summed E-state index contributed by atoms with van der Waals surface area (Å²) < 4.78 is 69.7. The first-order valence-corrected chi connectivity index (χ1v) is 12.1. The van der Waals surface area contributed by atoms with Gasteiger partial charge in [-0.3, -0.25) is 9.48 Å². The van der Waals surface area contributed by atoms with E-state index in [9.17, 15) is 31.9 Å². The summed E-state index contributed by atoms with van der Waals surface area (Å²) in [7, 11) is 0. The molecule has 0 aliphatic rings. The van der Waals surface area contributed by atoms with Gasteiger partial charge in [0, 0.05) is 22.7 Å². The number of fused-ring (bicyclic) bond motifs is 2. The molecule has 0 saturated heterocycles. The summed E-state index contributed by atoms with van der Waals surface area (Å²) in [4.78, 5) is 28.3. The lowest BCUT2D eigenvalue weighted by atomic mass is 10.1. The van der Waals surface area contributed by atoms with Crippen LogP contribution in [0.1, 0.15) is 13.8 Å². The molecule has 10 nitrogen and oxygen atoms in total. The summed E-state index contributed by atoms with van der Waals surface area (Å²) in [6, 6.07) is 10.2. The Labute approximate surface area is 227 Å². The number of H-pyrrole nitrogens is 1. The SMILES string of the molecule is CC(C)(O)Cn1cc2cc(-c3nc4c(-c5ccc(OC(F)F)cc5)nc(NCC(F)(F)F)nc4[nH]c3=O)ccc2n1. The highest BCUT2D eigenvalue weighted by Gasteiger charge is 2.27. The summed E-state index contributed by atoms with van der Waals surface area (Å²) in [6.45, 7) is -0.958. The lowest BCUT2D eigenvalue weighted by Gasteiger charge is -2.16. The van der Waals surface area contributed by atoms with E-state index in [1.165, 1.54) is 24.3 Å². The summed E-state index contributed by atoms with van der Waals surface area (Å²) in [6.07, 6.45) is -2.86. The van der Waals surface area contributed by atoms with Crippen molar-refractivity contribution in [1.82, 2.24) is 29.7 Å². The maximum atomic E-state index is 13.1. The minimum atomic E-state index is -4.57. The van der Waals surface area contributed by atoms with Crippen LogP contribution < -0.4 is 15.6 Å². The van der Waals surface area contributed by atoms with Gasteiger partial charge < -0.3 is 20.1 Å². The molecule has 5 aromatic rings. The number of aromatic amines is 1. The molecule has 0 unspecified atom stereocenters. The molecule has 3 N–H and O–H groups in total. The molecule has 0 fully saturated rings. The van der Waals surface area contributed by atoms with Gasteiger partial charge in [-0.25, -0.2) is 9.97 Å². The zero-order valence-corrected chi connectivity index (χ0v) is 21.5. The maximum absolute atomic E-state index is 13.1. The largest absolute Gasteiger partial charge is 0.435 e. The van der Waals surface area contributed by atoms with Gasteiger partial charge >= 0.3 is 12.8 Å². The number of nitrogens with zero attached hydrogens (tertiary/aromatic N) is 5. The zero-order chi connectivity index (χ0) is 29.5. The zero-order valence-electron chi connectivity index (χ0n) is 21.5. The molecule has 0 saturated carbocycles. The van der Waals surface area contributed by atoms with Crippen LogP contribution in [0.25, 0.3) is 44.6 Å². The second kappa shape index (κ2) is 10.4. The van der Waals surface area contributed by atoms with E-state index in [0.717, 1.165) is 0 Å². The van der Waals surface area contributed by atoms with Crippen LogP contribution >= 0.6 is 0 Å². The third kappa shape index (κ3) is 6.57. The second-order valence-electron chi connectivity index (χ2n) is 9.79. The first kappa shape index (κ1) is 27.9. The Morgan fingerprint density at radius 3 is 2.39 bits per heavy atom. The molecule has 0 amide bonds. The van der Waals surface area contributed by atoms with Crippen LogP contribution in [0.2, 0.25) is 0 Å². The van der Waals surface area contributed by atoms with Crippen molar-refractivity contribution in [2.24, 2.45) is 0 Å². The topological polar surface area (TPSA) is 131 Å². The minimum Gasteiger partial charge on any atom is -0.435 e. The normalized spacial score (nSPS) is 12.4. The van der Waals surface area contributed by atoms with Crippen LogP contribution in [0.5, 0.6) is 5.75 Å². The number of anilines is 1. The molecular formula is C26H22F5N7O3. The molecule has 0 spiro atoms.